The molecular weight excluding hydrogens is 336 g/mol. The van der Waals surface area contributed by atoms with E-state index < -0.39 is 0 Å². The molecule has 5 nitrogen and oxygen atoms in total. The van der Waals surface area contributed by atoms with E-state index in [0.717, 1.165) is 55.2 Å². The molecule has 3 heterocycles. The number of imidazole rings is 1. The highest BCUT2D eigenvalue weighted by molar-refractivity contribution is 5.95. The zero-order valence-electron chi connectivity index (χ0n) is 16.3. The Morgan fingerprint density at radius 1 is 1.04 bits per heavy atom. The molecule has 0 unspecified atom stereocenters. The number of pyridine rings is 1. The van der Waals surface area contributed by atoms with Crippen molar-refractivity contribution in [2.75, 3.05) is 31.1 Å². The molecule has 0 radical (unpaired) electrons. The zero-order valence-corrected chi connectivity index (χ0v) is 16.3. The Kier molecular flexibility index (Phi) is 4.60. The van der Waals surface area contributed by atoms with Gasteiger partial charge in [0.25, 0.3) is 5.91 Å². The van der Waals surface area contributed by atoms with E-state index in [1.165, 1.54) is 11.3 Å². The fraction of sp³-hybridized carbons (Fsp3) is 0.364. The summed E-state index contributed by atoms with van der Waals surface area (Å²) in [5.74, 6) is 0.0899. The van der Waals surface area contributed by atoms with Gasteiger partial charge >= 0.3 is 0 Å². The van der Waals surface area contributed by atoms with E-state index in [2.05, 4.69) is 48.0 Å². The fourth-order valence-corrected chi connectivity index (χ4v) is 3.81. The zero-order chi connectivity index (χ0) is 19.0. The number of piperazine rings is 1. The molecule has 0 atom stereocenters. The van der Waals surface area contributed by atoms with Gasteiger partial charge < -0.3 is 9.80 Å². The number of carbonyl (C=O) groups excluding carboxylic acids is 1. The molecule has 0 bridgehead atoms. The highest BCUT2D eigenvalue weighted by atomic mass is 16.2. The summed E-state index contributed by atoms with van der Waals surface area (Å²) in [6, 6.07) is 12.6. The fourth-order valence-electron chi connectivity index (χ4n) is 3.81. The lowest BCUT2D eigenvalue weighted by molar-refractivity contribution is 0.0738. The van der Waals surface area contributed by atoms with Gasteiger partial charge in [0.2, 0.25) is 0 Å². The minimum Gasteiger partial charge on any atom is -0.368 e. The predicted molar refractivity (Wildman–Crippen MR) is 109 cm³/mol. The van der Waals surface area contributed by atoms with Crippen molar-refractivity contribution in [3.63, 3.8) is 0 Å². The van der Waals surface area contributed by atoms with Crippen LogP contribution >= 0.6 is 0 Å². The second-order valence-corrected chi connectivity index (χ2v) is 7.31. The van der Waals surface area contributed by atoms with Crippen molar-refractivity contribution < 1.29 is 4.79 Å². The van der Waals surface area contributed by atoms with Crippen molar-refractivity contribution in [1.29, 1.82) is 0 Å². The number of amides is 1. The molecule has 27 heavy (non-hydrogen) atoms. The number of fused-ring (bicyclic) bond motifs is 1. The number of aromatic nitrogens is 2. The summed E-state index contributed by atoms with van der Waals surface area (Å²) in [6.45, 7) is 9.39. The summed E-state index contributed by atoms with van der Waals surface area (Å²) < 4.78 is 1.95. The molecule has 0 aliphatic carbocycles. The van der Waals surface area contributed by atoms with Gasteiger partial charge in [-0.05, 0) is 55.7 Å². The van der Waals surface area contributed by atoms with Gasteiger partial charge in [-0.2, -0.15) is 0 Å². The molecule has 0 saturated carbocycles. The van der Waals surface area contributed by atoms with Crippen LogP contribution in [0.3, 0.4) is 0 Å². The van der Waals surface area contributed by atoms with Crippen molar-refractivity contribution in [1.82, 2.24) is 14.3 Å². The number of anilines is 1. The second-order valence-electron chi connectivity index (χ2n) is 7.31. The summed E-state index contributed by atoms with van der Waals surface area (Å²) >= 11 is 0. The quantitative estimate of drug-likeness (QED) is 0.716. The maximum absolute atomic E-state index is 13.3. The molecule has 140 valence electrons. The summed E-state index contributed by atoms with van der Waals surface area (Å²) in [6.07, 6.45) is 2.72. The third-order valence-corrected chi connectivity index (χ3v) is 5.33. The molecule has 4 rings (SSSR count). The lowest BCUT2D eigenvalue weighted by atomic mass is 10.1. The minimum atomic E-state index is 0.0899. The maximum atomic E-state index is 13.3. The van der Waals surface area contributed by atoms with E-state index >= 15 is 0 Å². The topological polar surface area (TPSA) is 40.9 Å². The van der Waals surface area contributed by atoms with Crippen LogP contribution < -0.4 is 4.90 Å². The van der Waals surface area contributed by atoms with Crippen molar-refractivity contribution in [3.05, 3.63) is 65.1 Å². The van der Waals surface area contributed by atoms with Crippen LogP contribution in [0.5, 0.6) is 0 Å². The normalized spacial score (nSPS) is 14.8. The predicted octanol–water partition coefficient (Wildman–Crippen LogP) is 3.48. The van der Waals surface area contributed by atoms with Crippen LogP contribution in [-0.2, 0) is 6.42 Å². The Labute approximate surface area is 160 Å². The van der Waals surface area contributed by atoms with Gasteiger partial charge in [-0.15, -0.1) is 0 Å². The Bertz CT molecular complexity index is 983. The van der Waals surface area contributed by atoms with Gasteiger partial charge in [-0.25, -0.2) is 4.98 Å². The first-order valence-corrected chi connectivity index (χ1v) is 9.65. The molecule has 1 aromatic carbocycles. The molecule has 1 saturated heterocycles. The third-order valence-electron chi connectivity index (χ3n) is 5.33. The monoisotopic (exact) mass is 362 g/mol. The number of nitrogens with zero attached hydrogens (tertiary/aromatic N) is 4. The second kappa shape index (κ2) is 7.06. The highest BCUT2D eigenvalue weighted by Crippen LogP contribution is 2.21. The Hall–Kier alpha value is -2.82. The molecule has 0 spiro atoms. The first-order valence-electron chi connectivity index (χ1n) is 9.65. The Balaban J connectivity index is 1.55. The van der Waals surface area contributed by atoms with Gasteiger partial charge in [-0.3, -0.25) is 9.20 Å². The van der Waals surface area contributed by atoms with Crippen LogP contribution in [0.2, 0.25) is 0 Å². The van der Waals surface area contributed by atoms with Crippen molar-refractivity contribution in [2.24, 2.45) is 0 Å². The number of benzene rings is 1. The average Bonchev–Trinajstić information content (AvgIpc) is 3.05. The van der Waals surface area contributed by atoms with Gasteiger partial charge in [0.1, 0.15) is 11.3 Å². The first kappa shape index (κ1) is 17.6. The van der Waals surface area contributed by atoms with Crippen molar-refractivity contribution in [3.8, 4) is 0 Å². The number of hydrogen-bond donors (Lipinski definition) is 0. The summed E-state index contributed by atoms with van der Waals surface area (Å²) in [7, 11) is 0. The van der Waals surface area contributed by atoms with Gasteiger partial charge in [0.15, 0.2) is 0 Å². The van der Waals surface area contributed by atoms with Crippen LogP contribution in [-0.4, -0.2) is 46.4 Å². The molecule has 1 fully saturated rings. The average molecular weight is 362 g/mol. The van der Waals surface area contributed by atoms with E-state index in [0.29, 0.717) is 0 Å². The summed E-state index contributed by atoms with van der Waals surface area (Å²) in [5.41, 5.74) is 6.11. The van der Waals surface area contributed by atoms with Crippen LogP contribution in [0, 0.1) is 13.8 Å². The third kappa shape index (κ3) is 3.29. The number of rotatable bonds is 3. The van der Waals surface area contributed by atoms with Crippen LogP contribution in [0.15, 0.2) is 42.6 Å². The number of carbonyl (C=O) groups is 1. The Morgan fingerprint density at radius 2 is 1.78 bits per heavy atom. The van der Waals surface area contributed by atoms with Gasteiger partial charge in [0, 0.05) is 38.1 Å². The first-order chi connectivity index (χ1) is 13.1. The van der Waals surface area contributed by atoms with Crippen LogP contribution in [0.25, 0.3) is 5.65 Å². The summed E-state index contributed by atoms with van der Waals surface area (Å²) in [5, 5.41) is 0. The summed E-state index contributed by atoms with van der Waals surface area (Å²) in [4.78, 5) is 22.3. The van der Waals surface area contributed by atoms with E-state index in [9.17, 15) is 4.79 Å². The smallest absolute Gasteiger partial charge is 0.272 e. The minimum absolute atomic E-state index is 0.0899. The molecule has 3 aromatic rings. The van der Waals surface area contributed by atoms with E-state index in [1.54, 1.807) is 0 Å². The molecule has 0 N–H and O–H groups in total. The molecule has 2 aromatic heterocycles. The number of hydrogen-bond acceptors (Lipinski definition) is 3. The molecule has 5 heteroatoms. The maximum Gasteiger partial charge on any atom is 0.272 e. The standard InChI is InChI=1S/C22H26N4O/c1-4-19-21(26-9-8-17(3)15-20(26)23-19)22(27)25-12-10-24(11-13-25)18-7-5-6-16(2)14-18/h5-9,14-15H,4,10-13H2,1-3H3. The highest BCUT2D eigenvalue weighted by Gasteiger charge is 2.27. The largest absolute Gasteiger partial charge is 0.368 e. The SMILES string of the molecule is CCc1nc2cc(C)ccn2c1C(=O)N1CCN(c2cccc(C)c2)CC1. The molecular formula is C22H26N4O. The van der Waals surface area contributed by atoms with Crippen LogP contribution in [0.1, 0.15) is 34.2 Å². The van der Waals surface area contributed by atoms with Crippen molar-refractivity contribution in [2.45, 2.75) is 27.2 Å². The van der Waals surface area contributed by atoms with E-state index in [1.807, 2.05) is 34.6 Å². The Morgan fingerprint density at radius 3 is 2.48 bits per heavy atom. The molecule has 1 amide bonds. The molecule has 1 aliphatic rings. The van der Waals surface area contributed by atoms with Crippen molar-refractivity contribution >= 4 is 17.2 Å². The van der Waals surface area contributed by atoms with Gasteiger partial charge in [-0.1, -0.05) is 19.1 Å². The number of aryl methyl sites for hydroxylation is 3. The lowest BCUT2D eigenvalue weighted by Crippen LogP contribution is -2.49. The lowest BCUT2D eigenvalue weighted by Gasteiger charge is -2.36. The van der Waals surface area contributed by atoms with Gasteiger partial charge in [0.05, 0.1) is 5.69 Å². The van der Waals surface area contributed by atoms with E-state index in [4.69, 9.17) is 0 Å². The van der Waals surface area contributed by atoms with Crippen LogP contribution in [0.4, 0.5) is 5.69 Å². The molecule has 1 aliphatic heterocycles. The van der Waals surface area contributed by atoms with E-state index in [-0.39, 0.29) is 5.91 Å².